The summed E-state index contributed by atoms with van der Waals surface area (Å²) in [5.41, 5.74) is 4.23. The van der Waals surface area contributed by atoms with Gasteiger partial charge in [-0.1, -0.05) is 29.8 Å². The molecule has 0 bridgehead atoms. The van der Waals surface area contributed by atoms with Gasteiger partial charge in [0, 0.05) is 36.1 Å². The van der Waals surface area contributed by atoms with Crippen LogP contribution in [0.5, 0.6) is 23.4 Å². The van der Waals surface area contributed by atoms with Crippen molar-refractivity contribution >= 4 is 11.6 Å². The van der Waals surface area contributed by atoms with Crippen LogP contribution in [0, 0.1) is 0 Å². The number of halogens is 1. The highest BCUT2D eigenvalue weighted by atomic mass is 35.5. The van der Waals surface area contributed by atoms with Gasteiger partial charge in [-0.15, -0.1) is 0 Å². The number of aryl methyl sites for hydroxylation is 1. The van der Waals surface area contributed by atoms with Gasteiger partial charge in [0.2, 0.25) is 11.8 Å². The topological polar surface area (TPSA) is 97.6 Å². The second kappa shape index (κ2) is 9.16. The van der Waals surface area contributed by atoms with Crippen LogP contribution in [0.4, 0.5) is 0 Å². The van der Waals surface area contributed by atoms with Gasteiger partial charge in [0.05, 0.1) is 12.8 Å². The Kier molecular flexibility index (Phi) is 5.69. The summed E-state index contributed by atoms with van der Waals surface area (Å²) in [6.07, 6.45) is 3.66. The maximum Gasteiger partial charge on any atom is 0.351 e. The van der Waals surface area contributed by atoms with E-state index in [1.165, 1.54) is 7.11 Å². The summed E-state index contributed by atoms with van der Waals surface area (Å²) in [5.74, 6) is 1.64. The summed E-state index contributed by atoms with van der Waals surface area (Å²) in [6.45, 7) is 0.995. The molecule has 0 saturated heterocycles. The van der Waals surface area contributed by atoms with Crippen LogP contribution in [-0.4, -0.2) is 45.9 Å². The zero-order valence-electron chi connectivity index (χ0n) is 19.3. The Labute approximate surface area is 211 Å². The minimum atomic E-state index is -0.352. The number of hydrogen-bond donors (Lipinski definition) is 0. The van der Waals surface area contributed by atoms with E-state index in [1.54, 1.807) is 35.2 Å². The molecule has 0 N–H and O–H groups in total. The third-order valence-corrected chi connectivity index (χ3v) is 6.55. The zero-order valence-corrected chi connectivity index (χ0v) is 20.1. The first-order chi connectivity index (χ1) is 17.6. The first-order valence-corrected chi connectivity index (χ1v) is 11.8. The first-order valence-electron chi connectivity index (χ1n) is 11.4. The molecule has 0 spiro atoms. The van der Waals surface area contributed by atoms with Crippen molar-refractivity contribution < 1.29 is 18.9 Å². The number of ether oxygens (including phenoxy) is 4. The molecule has 0 radical (unpaired) electrons. The van der Waals surface area contributed by atoms with Gasteiger partial charge in [0.15, 0.2) is 11.9 Å². The SMILES string of the molecule is COc1nccc(-c2ccc3c(c2)CCn2c-3cc(OCC3COc4ncccc4O3)nc2=O)c1Cl. The summed E-state index contributed by atoms with van der Waals surface area (Å²) in [5, 5.41) is 0.458. The van der Waals surface area contributed by atoms with Crippen molar-refractivity contribution in [3.8, 4) is 45.8 Å². The standard InChI is InChI=1S/C26H21ClN4O5/c1-33-25-23(27)19(6-9-29-25)15-4-5-18-16(11-15)7-10-31-20(18)12-22(30-26(31)32)34-13-17-14-35-24-21(36-17)3-2-8-28-24/h2-6,8-9,11-12,17H,7,10,13-14H2,1H3. The second-order valence-corrected chi connectivity index (χ2v) is 8.76. The monoisotopic (exact) mass is 504 g/mol. The van der Waals surface area contributed by atoms with Crippen molar-refractivity contribution in [2.45, 2.75) is 19.1 Å². The van der Waals surface area contributed by atoms with Crippen LogP contribution < -0.4 is 24.6 Å². The lowest BCUT2D eigenvalue weighted by molar-refractivity contribution is 0.0486. The van der Waals surface area contributed by atoms with Crippen molar-refractivity contribution in [1.82, 2.24) is 19.5 Å². The highest BCUT2D eigenvalue weighted by Crippen LogP contribution is 2.37. The molecule has 0 amide bonds. The summed E-state index contributed by atoms with van der Waals surface area (Å²) in [4.78, 5) is 25.2. The van der Waals surface area contributed by atoms with Crippen molar-refractivity contribution in [3.63, 3.8) is 0 Å². The van der Waals surface area contributed by atoms with Gasteiger partial charge in [-0.25, -0.2) is 14.8 Å². The first kappa shape index (κ1) is 22.4. The van der Waals surface area contributed by atoms with Gasteiger partial charge in [-0.05, 0) is 35.7 Å². The van der Waals surface area contributed by atoms with Crippen molar-refractivity contribution in [3.05, 3.63) is 75.9 Å². The number of rotatable bonds is 5. The van der Waals surface area contributed by atoms with Crippen LogP contribution in [0.1, 0.15) is 5.56 Å². The van der Waals surface area contributed by atoms with E-state index in [0.29, 0.717) is 42.1 Å². The van der Waals surface area contributed by atoms with Crippen LogP contribution in [0.25, 0.3) is 22.4 Å². The molecule has 2 aliphatic heterocycles. The van der Waals surface area contributed by atoms with Gasteiger partial charge >= 0.3 is 5.69 Å². The quantitative estimate of drug-likeness (QED) is 0.405. The molecule has 2 aliphatic rings. The summed E-state index contributed by atoms with van der Waals surface area (Å²) in [6, 6.07) is 13.3. The molecule has 5 heterocycles. The molecule has 36 heavy (non-hydrogen) atoms. The van der Waals surface area contributed by atoms with Crippen LogP contribution in [-0.2, 0) is 13.0 Å². The van der Waals surface area contributed by atoms with Crippen molar-refractivity contribution in [2.24, 2.45) is 0 Å². The Balaban J connectivity index is 1.26. The summed E-state index contributed by atoms with van der Waals surface area (Å²) >= 11 is 6.50. The van der Waals surface area contributed by atoms with Gasteiger partial charge < -0.3 is 18.9 Å². The molecule has 0 saturated carbocycles. The molecule has 182 valence electrons. The fraction of sp³-hybridized carbons (Fsp3) is 0.231. The number of nitrogens with zero attached hydrogens (tertiary/aromatic N) is 4. The van der Waals surface area contributed by atoms with E-state index in [0.717, 1.165) is 27.9 Å². The number of pyridine rings is 2. The third-order valence-electron chi connectivity index (χ3n) is 6.19. The van der Waals surface area contributed by atoms with Gasteiger partial charge in [-0.3, -0.25) is 4.57 Å². The molecule has 0 aliphatic carbocycles. The molecule has 4 aromatic rings. The zero-order chi connectivity index (χ0) is 24.6. The van der Waals surface area contributed by atoms with Crippen LogP contribution in [0.3, 0.4) is 0 Å². The number of benzene rings is 1. The van der Waals surface area contributed by atoms with E-state index in [4.69, 9.17) is 30.5 Å². The van der Waals surface area contributed by atoms with Crippen LogP contribution >= 0.6 is 11.6 Å². The van der Waals surface area contributed by atoms with E-state index in [-0.39, 0.29) is 24.3 Å². The maximum absolute atomic E-state index is 12.8. The Morgan fingerprint density at radius 3 is 2.94 bits per heavy atom. The summed E-state index contributed by atoms with van der Waals surface area (Å²) in [7, 11) is 1.54. The summed E-state index contributed by atoms with van der Waals surface area (Å²) < 4.78 is 24.3. The smallest absolute Gasteiger partial charge is 0.351 e. The molecule has 1 aromatic carbocycles. The van der Waals surface area contributed by atoms with Crippen molar-refractivity contribution in [2.75, 3.05) is 20.3 Å². The molecular weight excluding hydrogens is 484 g/mol. The maximum atomic E-state index is 12.8. The number of methoxy groups -OCH3 is 1. The molecular formula is C26H21ClN4O5. The van der Waals surface area contributed by atoms with Crippen LogP contribution in [0.2, 0.25) is 5.02 Å². The highest BCUT2D eigenvalue weighted by Gasteiger charge is 2.24. The highest BCUT2D eigenvalue weighted by molar-refractivity contribution is 6.34. The van der Waals surface area contributed by atoms with E-state index in [9.17, 15) is 4.79 Å². The van der Waals surface area contributed by atoms with Gasteiger partial charge in [0.1, 0.15) is 18.2 Å². The van der Waals surface area contributed by atoms with E-state index >= 15 is 0 Å². The van der Waals surface area contributed by atoms with Crippen LogP contribution in [0.15, 0.2) is 59.7 Å². The Morgan fingerprint density at radius 2 is 2.06 bits per heavy atom. The van der Waals surface area contributed by atoms with Gasteiger partial charge in [0.25, 0.3) is 5.88 Å². The minimum absolute atomic E-state index is 0.179. The molecule has 1 atom stereocenters. The number of hydrogen-bond acceptors (Lipinski definition) is 8. The predicted molar refractivity (Wildman–Crippen MR) is 132 cm³/mol. The minimum Gasteiger partial charge on any atom is -0.480 e. The fourth-order valence-electron chi connectivity index (χ4n) is 4.46. The normalized spacial score (nSPS) is 15.6. The molecule has 1 unspecified atom stereocenters. The van der Waals surface area contributed by atoms with E-state index < -0.39 is 0 Å². The molecule has 6 rings (SSSR count). The van der Waals surface area contributed by atoms with E-state index in [1.807, 2.05) is 18.2 Å². The number of aromatic nitrogens is 4. The Bertz CT molecular complexity index is 1520. The molecule has 9 nitrogen and oxygen atoms in total. The molecule has 0 fully saturated rings. The van der Waals surface area contributed by atoms with E-state index in [2.05, 4.69) is 21.0 Å². The Hall–Kier alpha value is -4.11. The lowest BCUT2D eigenvalue weighted by atomic mass is 9.93. The Morgan fingerprint density at radius 1 is 1.14 bits per heavy atom. The largest absolute Gasteiger partial charge is 0.480 e. The molecule has 3 aromatic heterocycles. The lowest BCUT2D eigenvalue weighted by Crippen LogP contribution is -2.35. The second-order valence-electron chi connectivity index (χ2n) is 8.39. The lowest BCUT2D eigenvalue weighted by Gasteiger charge is -2.26. The van der Waals surface area contributed by atoms with Gasteiger partial charge in [-0.2, -0.15) is 4.98 Å². The average Bonchev–Trinajstić information content (AvgIpc) is 2.91. The number of fused-ring (bicyclic) bond motifs is 4. The predicted octanol–water partition coefficient (Wildman–Crippen LogP) is 3.80. The molecule has 10 heteroatoms. The fourth-order valence-corrected chi connectivity index (χ4v) is 4.76. The third kappa shape index (κ3) is 4.01. The van der Waals surface area contributed by atoms with Crippen molar-refractivity contribution in [1.29, 1.82) is 0 Å². The average molecular weight is 505 g/mol.